The van der Waals surface area contributed by atoms with Crippen molar-refractivity contribution in [2.75, 3.05) is 4.72 Å². The van der Waals surface area contributed by atoms with Crippen LogP contribution in [0.25, 0.3) is 21.7 Å². The van der Waals surface area contributed by atoms with Crippen molar-refractivity contribution in [3.05, 3.63) is 71.9 Å². The molecule has 0 radical (unpaired) electrons. The van der Waals surface area contributed by atoms with E-state index in [-0.39, 0.29) is 10.4 Å². The minimum atomic E-state index is -3.78. The molecule has 7 heteroatoms. The van der Waals surface area contributed by atoms with Gasteiger partial charge in [-0.1, -0.05) is 35.9 Å². The zero-order chi connectivity index (χ0) is 20.8. The number of sulfonamides is 1. The fraction of sp³-hybridized carbons (Fsp3) is 0.182. The van der Waals surface area contributed by atoms with E-state index in [2.05, 4.69) is 9.29 Å². The average molecular weight is 428 g/mol. The second-order valence-electron chi connectivity index (χ2n) is 7.90. The van der Waals surface area contributed by atoms with Gasteiger partial charge in [0.15, 0.2) is 0 Å². The minimum Gasteiger partial charge on any atom is -0.346 e. The third-order valence-corrected chi connectivity index (χ3v) is 6.49. The highest BCUT2D eigenvalue weighted by Crippen LogP contribution is 2.30. The Balaban J connectivity index is 1.70. The van der Waals surface area contributed by atoms with Crippen molar-refractivity contribution >= 4 is 49.0 Å². The summed E-state index contributed by atoms with van der Waals surface area (Å²) in [6.45, 7) is 4.61. The van der Waals surface area contributed by atoms with Gasteiger partial charge in [-0.2, -0.15) is 0 Å². The Hall–Kier alpha value is -2.54. The van der Waals surface area contributed by atoms with Gasteiger partial charge >= 0.3 is 0 Å². The van der Waals surface area contributed by atoms with Crippen LogP contribution < -0.4 is 10.5 Å². The topological polar surface area (TPSA) is 77.1 Å². The molecule has 0 fully saturated rings. The van der Waals surface area contributed by atoms with Crippen molar-refractivity contribution < 1.29 is 8.42 Å². The Kier molecular flexibility index (Phi) is 4.81. The molecule has 29 heavy (non-hydrogen) atoms. The Morgan fingerprint density at radius 1 is 1.03 bits per heavy atom. The van der Waals surface area contributed by atoms with E-state index < -0.39 is 10.0 Å². The van der Waals surface area contributed by atoms with Crippen LogP contribution in [0.4, 0.5) is 5.69 Å². The van der Waals surface area contributed by atoms with Gasteiger partial charge in [0.05, 0.1) is 4.90 Å². The first-order valence-electron chi connectivity index (χ1n) is 9.22. The Bertz CT molecular complexity index is 1320. The van der Waals surface area contributed by atoms with E-state index in [1.54, 1.807) is 36.4 Å². The number of anilines is 1. The van der Waals surface area contributed by atoms with Crippen LogP contribution in [0, 0.1) is 0 Å². The molecule has 1 aromatic heterocycles. The molecule has 0 spiro atoms. The third kappa shape index (κ3) is 3.96. The van der Waals surface area contributed by atoms with Crippen molar-refractivity contribution in [3.8, 4) is 0 Å². The number of nitrogens with one attached hydrogen (secondary N) is 1. The van der Waals surface area contributed by atoms with E-state index in [0.717, 1.165) is 10.9 Å². The van der Waals surface area contributed by atoms with Gasteiger partial charge in [-0.05, 0) is 50.2 Å². The predicted molar refractivity (Wildman–Crippen MR) is 120 cm³/mol. The lowest BCUT2D eigenvalue weighted by Gasteiger charge is -2.20. The maximum Gasteiger partial charge on any atom is 0.262 e. The average Bonchev–Trinajstić information content (AvgIpc) is 3.01. The summed E-state index contributed by atoms with van der Waals surface area (Å²) in [7, 11) is -3.78. The molecule has 1 heterocycles. The molecule has 0 aliphatic rings. The van der Waals surface area contributed by atoms with Crippen LogP contribution in [0.2, 0.25) is 5.02 Å². The van der Waals surface area contributed by atoms with E-state index in [9.17, 15) is 8.42 Å². The first-order chi connectivity index (χ1) is 13.6. The van der Waals surface area contributed by atoms with Crippen molar-refractivity contribution in [2.45, 2.75) is 30.8 Å². The normalized spacial score (nSPS) is 12.6. The molecule has 4 rings (SSSR count). The minimum absolute atomic E-state index is 0.194. The molecule has 0 bridgehead atoms. The van der Waals surface area contributed by atoms with Crippen LogP contribution in [0.15, 0.2) is 71.8 Å². The lowest BCUT2D eigenvalue weighted by molar-refractivity contribution is 0.441. The Labute approximate surface area is 175 Å². The monoisotopic (exact) mass is 427 g/mol. The molecule has 4 aromatic rings. The van der Waals surface area contributed by atoms with Crippen LogP contribution >= 0.6 is 11.6 Å². The van der Waals surface area contributed by atoms with Gasteiger partial charge in [0.2, 0.25) is 0 Å². The first kappa shape index (κ1) is 19.8. The van der Waals surface area contributed by atoms with Crippen LogP contribution in [0.3, 0.4) is 0 Å². The van der Waals surface area contributed by atoms with Gasteiger partial charge in [-0.15, -0.1) is 0 Å². The highest BCUT2D eigenvalue weighted by atomic mass is 35.5. The standard InChI is InChI=1S/C22H22ClN3O2S/c1-22(2,24)14-26-12-11-15-13-16(9-10-20(15)26)25-29(27,28)21-8-4-5-17-18(21)6-3-7-19(17)23/h3-13,25H,14,24H2,1-2H3. The van der Waals surface area contributed by atoms with Gasteiger partial charge in [0.1, 0.15) is 0 Å². The van der Waals surface area contributed by atoms with Crippen LogP contribution in [0.5, 0.6) is 0 Å². The molecule has 0 unspecified atom stereocenters. The summed E-state index contributed by atoms with van der Waals surface area (Å²) in [6, 6.07) is 17.8. The quantitative estimate of drug-likeness (QED) is 0.471. The zero-order valence-corrected chi connectivity index (χ0v) is 17.8. The molecular formula is C22H22ClN3O2S. The van der Waals surface area contributed by atoms with Gasteiger partial charge in [-0.3, -0.25) is 4.72 Å². The molecule has 0 saturated heterocycles. The highest BCUT2D eigenvalue weighted by molar-refractivity contribution is 7.93. The largest absolute Gasteiger partial charge is 0.346 e. The van der Waals surface area contributed by atoms with Gasteiger partial charge in [0.25, 0.3) is 10.0 Å². The van der Waals surface area contributed by atoms with Gasteiger partial charge in [-0.25, -0.2) is 8.42 Å². The molecule has 0 amide bonds. The highest BCUT2D eigenvalue weighted by Gasteiger charge is 2.19. The number of hydrogen-bond acceptors (Lipinski definition) is 3. The van der Waals surface area contributed by atoms with Gasteiger partial charge < -0.3 is 10.3 Å². The third-order valence-electron chi connectivity index (χ3n) is 4.72. The SMILES string of the molecule is CC(C)(N)Cn1ccc2cc(NS(=O)(=O)c3cccc4c(Cl)cccc34)ccc21. The number of nitrogens with zero attached hydrogens (tertiary/aromatic N) is 1. The molecule has 3 aromatic carbocycles. The summed E-state index contributed by atoms with van der Waals surface area (Å²) < 4.78 is 30.9. The number of benzene rings is 3. The Morgan fingerprint density at radius 3 is 2.52 bits per heavy atom. The summed E-state index contributed by atoms with van der Waals surface area (Å²) in [4.78, 5) is 0.194. The predicted octanol–water partition coefficient (Wildman–Crippen LogP) is 4.99. The van der Waals surface area contributed by atoms with E-state index in [4.69, 9.17) is 17.3 Å². The summed E-state index contributed by atoms with van der Waals surface area (Å²) >= 11 is 6.23. The van der Waals surface area contributed by atoms with Crippen molar-refractivity contribution in [1.82, 2.24) is 4.57 Å². The lowest BCUT2D eigenvalue weighted by Crippen LogP contribution is -2.36. The van der Waals surface area contributed by atoms with Crippen molar-refractivity contribution in [3.63, 3.8) is 0 Å². The van der Waals surface area contributed by atoms with Crippen LogP contribution in [-0.2, 0) is 16.6 Å². The maximum atomic E-state index is 13.1. The fourth-order valence-electron chi connectivity index (χ4n) is 3.53. The summed E-state index contributed by atoms with van der Waals surface area (Å²) in [5, 5.41) is 2.75. The fourth-order valence-corrected chi connectivity index (χ4v) is 5.04. The maximum absolute atomic E-state index is 13.1. The van der Waals surface area contributed by atoms with Crippen LogP contribution in [0.1, 0.15) is 13.8 Å². The number of halogens is 1. The van der Waals surface area contributed by atoms with E-state index in [0.29, 0.717) is 28.0 Å². The molecule has 150 valence electrons. The number of rotatable bonds is 5. The second-order valence-corrected chi connectivity index (χ2v) is 9.96. The molecule has 3 N–H and O–H groups in total. The molecule has 0 atom stereocenters. The molecule has 5 nitrogen and oxygen atoms in total. The molecule has 0 aliphatic carbocycles. The van der Waals surface area contributed by atoms with Gasteiger partial charge in [0, 0.05) is 50.7 Å². The van der Waals surface area contributed by atoms with E-state index in [1.807, 2.05) is 44.3 Å². The number of hydrogen-bond donors (Lipinski definition) is 2. The van der Waals surface area contributed by atoms with Crippen molar-refractivity contribution in [1.29, 1.82) is 0 Å². The van der Waals surface area contributed by atoms with Crippen LogP contribution in [-0.4, -0.2) is 18.5 Å². The zero-order valence-electron chi connectivity index (χ0n) is 16.2. The summed E-state index contributed by atoms with van der Waals surface area (Å²) in [5.41, 5.74) is 7.29. The number of fused-ring (bicyclic) bond motifs is 2. The smallest absolute Gasteiger partial charge is 0.262 e. The summed E-state index contributed by atoms with van der Waals surface area (Å²) in [5.74, 6) is 0. The molecular weight excluding hydrogens is 406 g/mol. The summed E-state index contributed by atoms with van der Waals surface area (Å²) in [6.07, 6.45) is 1.96. The van der Waals surface area contributed by atoms with Crippen molar-refractivity contribution in [2.24, 2.45) is 5.73 Å². The lowest BCUT2D eigenvalue weighted by atomic mass is 10.1. The number of nitrogens with two attached hydrogens (primary N) is 1. The molecule has 0 aliphatic heterocycles. The molecule has 0 saturated carbocycles. The first-order valence-corrected chi connectivity index (χ1v) is 11.1. The second kappa shape index (κ2) is 7.06. The number of aromatic nitrogens is 1. The Morgan fingerprint density at radius 2 is 1.76 bits per heavy atom. The van der Waals surface area contributed by atoms with E-state index >= 15 is 0 Å². The van der Waals surface area contributed by atoms with E-state index in [1.165, 1.54) is 0 Å².